The van der Waals surface area contributed by atoms with Gasteiger partial charge in [-0.3, -0.25) is 13.9 Å². The molecule has 0 saturated carbocycles. The molecule has 0 amide bonds. The van der Waals surface area contributed by atoms with E-state index in [9.17, 15) is 9.59 Å². The zero-order chi connectivity index (χ0) is 21.3. The Hall–Kier alpha value is -2.61. The van der Waals surface area contributed by atoms with Crippen LogP contribution in [0.5, 0.6) is 5.75 Å². The first kappa shape index (κ1) is 21.1. The summed E-state index contributed by atoms with van der Waals surface area (Å²) in [5.74, 6) is 2.04. The molecule has 3 rings (SSSR count). The maximum atomic E-state index is 12.8. The molecule has 0 radical (unpaired) electrons. The molecule has 0 aliphatic rings. The Balaban J connectivity index is 1.98. The molecule has 2 heterocycles. The van der Waals surface area contributed by atoms with Gasteiger partial charge in [0.25, 0.3) is 5.56 Å². The van der Waals surface area contributed by atoms with Crippen LogP contribution in [0.15, 0.2) is 38.9 Å². The van der Waals surface area contributed by atoms with Crippen LogP contribution < -0.4 is 16.0 Å². The second-order valence-electron chi connectivity index (χ2n) is 7.97. The molecule has 0 bridgehead atoms. The minimum absolute atomic E-state index is 0.321. The summed E-state index contributed by atoms with van der Waals surface area (Å²) in [7, 11) is 3.09. The van der Waals surface area contributed by atoms with E-state index in [0.717, 1.165) is 15.9 Å². The van der Waals surface area contributed by atoms with Crippen LogP contribution in [-0.2, 0) is 19.5 Å². The Morgan fingerprint density at radius 2 is 1.76 bits per heavy atom. The Morgan fingerprint density at radius 3 is 2.41 bits per heavy atom. The number of rotatable bonds is 5. The molecule has 0 fully saturated rings. The number of hydrogen-bond acceptors (Lipinski definition) is 6. The minimum atomic E-state index is -0.403. The molecule has 8 heteroatoms. The fourth-order valence-corrected chi connectivity index (χ4v) is 3.71. The van der Waals surface area contributed by atoms with E-state index in [-0.39, 0.29) is 11.0 Å². The summed E-state index contributed by atoms with van der Waals surface area (Å²) in [6, 6.07) is 7.84. The average molecular weight is 415 g/mol. The van der Waals surface area contributed by atoms with Gasteiger partial charge in [0.2, 0.25) is 0 Å². The highest BCUT2D eigenvalue weighted by Gasteiger charge is 2.23. The highest BCUT2D eigenvalue weighted by atomic mass is 32.2. The molecule has 2 aromatic heterocycles. The number of para-hydroxylation sites is 1. The summed E-state index contributed by atoms with van der Waals surface area (Å²) >= 11 is 1.44. The lowest BCUT2D eigenvalue weighted by Gasteiger charge is -2.19. The molecule has 7 nitrogen and oxygen atoms in total. The van der Waals surface area contributed by atoms with Crippen LogP contribution in [0.1, 0.15) is 32.2 Å². The van der Waals surface area contributed by atoms with Gasteiger partial charge in [-0.15, -0.1) is 11.8 Å². The summed E-state index contributed by atoms with van der Waals surface area (Å²) in [5.41, 5.74) is 0.327. The van der Waals surface area contributed by atoms with Crippen molar-refractivity contribution in [1.82, 2.24) is 19.1 Å². The van der Waals surface area contributed by atoms with Crippen molar-refractivity contribution in [2.24, 2.45) is 14.1 Å². The minimum Gasteiger partial charge on any atom is -0.492 e. The predicted molar refractivity (Wildman–Crippen MR) is 116 cm³/mol. The molecule has 0 aliphatic heterocycles. The second kappa shape index (κ2) is 8.02. The summed E-state index contributed by atoms with van der Waals surface area (Å²) in [6.07, 6.45) is 0. The van der Waals surface area contributed by atoms with Crippen molar-refractivity contribution in [1.29, 1.82) is 0 Å². The standard InChI is InChI=1S/C21H26N4O3S/c1-13-9-7-8-10-14(13)28-11-12-29-17-15-16(22-19(23-17)21(2,3)4)24(5)20(27)25(6)18(15)26/h7-10H,11-12H2,1-6H3. The highest BCUT2D eigenvalue weighted by Crippen LogP contribution is 2.27. The number of fused-ring (bicyclic) bond motifs is 1. The third-order valence-electron chi connectivity index (χ3n) is 4.61. The van der Waals surface area contributed by atoms with Crippen LogP contribution in [0.25, 0.3) is 11.0 Å². The van der Waals surface area contributed by atoms with Gasteiger partial charge in [0, 0.05) is 25.3 Å². The Morgan fingerprint density at radius 1 is 1.07 bits per heavy atom. The molecule has 29 heavy (non-hydrogen) atoms. The van der Waals surface area contributed by atoms with Crippen molar-refractivity contribution in [2.45, 2.75) is 38.1 Å². The average Bonchev–Trinajstić information content (AvgIpc) is 2.67. The fourth-order valence-electron chi connectivity index (χ4n) is 2.88. The third-order valence-corrected chi connectivity index (χ3v) is 5.55. The quantitative estimate of drug-likeness (QED) is 0.363. The lowest BCUT2D eigenvalue weighted by atomic mass is 9.96. The van der Waals surface area contributed by atoms with E-state index in [0.29, 0.717) is 34.2 Å². The summed E-state index contributed by atoms with van der Waals surface area (Å²) < 4.78 is 8.36. The van der Waals surface area contributed by atoms with Crippen molar-refractivity contribution < 1.29 is 4.74 Å². The summed E-state index contributed by atoms with van der Waals surface area (Å²) in [5, 5.41) is 0.938. The smallest absolute Gasteiger partial charge is 0.332 e. The van der Waals surface area contributed by atoms with Crippen molar-refractivity contribution >= 4 is 22.8 Å². The molecule has 0 unspecified atom stereocenters. The van der Waals surface area contributed by atoms with Gasteiger partial charge in [0.05, 0.1) is 6.61 Å². The molecular weight excluding hydrogens is 388 g/mol. The topological polar surface area (TPSA) is 79.0 Å². The van der Waals surface area contributed by atoms with Gasteiger partial charge in [-0.2, -0.15) is 0 Å². The largest absolute Gasteiger partial charge is 0.492 e. The Kier molecular flexibility index (Phi) is 5.84. The van der Waals surface area contributed by atoms with E-state index in [1.807, 2.05) is 52.0 Å². The number of hydrogen-bond donors (Lipinski definition) is 0. The van der Waals surface area contributed by atoms with Gasteiger partial charge in [0.15, 0.2) is 5.65 Å². The SMILES string of the molecule is Cc1ccccc1OCCSc1nc(C(C)(C)C)nc2c1c(=O)n(C)c(=O)n2C. The van der Waals surface area contributed by atoms with Crippen LogP contribution in [0.2, 0.25) is 0 Å². The number of aryl methyl sites for hydroxylation is 2. The van der Waals surface area contributed by atoms with Crippen molar-refractivity contribution in [3.63, 3.8) is 0 Å². The van der Waals surface area contributed by atoms with Crippen LogP contribution in [0, 0.1) is 6.92 Å². The molecule has 0 aliphatic carbocycles. The van der Waals surface area contributed by atoms with E-state index in [4.69, 9.17) is 4.74 Å². The van der Waals surface area contributed by atoms with Crippen molar-refractivity contribution in [3.8, 4) is 5.75 Å². The first-order chi connectivity index (χ1) is 13.6. The van der Waals surface area contributed by atoms with Gasteiger partial charge in [-0.1, -0.05) is 39.0 Å². The second-order valence-corrected chi connectivity index (χ2v) is 9.05. The van der Waals surface area contributed by atoms with Crippen LogP contribution in [-0.4, -0.2) is 31.5 Å². The summed E-state index contributed by atoms with van der Waals surface area (Å²) in [6.45, 7) is 8.48. The maximum absolute atomic E-state index is 12.8. The third kappa shape index (κ3) is 4.22. The van der Waals surface area contributed by atoms with Gasteiger partial charge in [0.1, 0.15) is 22.0 Å². The molecule has 3 aromatic rings. The number of thioether (sulfide) groups is 1. The van der Waals surface area contributed by atoms with Gasteiger partial charge >= 0.3 is 5.69 Å². The highest BCUT2D eigenvalue weighted by molar-refractivity contribution is 7.99. The summed E-state index contributed by atoms with van der Waals surface area (Å²) in [4.78, 5) is 34.4. The number of aromatic nitrogens is 4. The molecule has 0 spiro atoms. The lowest BCUT2D eigenvalue weighted by Crippen LogP contribution is -2.38. The maximum Gasteiger partial charge on any atom is 0.332 e. The normalized spacial score (nSPS) is 11.8. The molecule has 0 atom stereocenters. The zero-order valence-corrected chi connectivity index (χ0v) is 18.5. The van der Waals surface area contributed by atoms with E-state index >= 15 is 0 Å². The lowest BCUT2D eigenvalue weighted by molar-refractivity contribution is 0.341. The van der Waals surface area contributed by atoms with Crippen LogP contribution >= 0.6 is 11.8 Å². The fraction of sp³-hybridized carbons (Fsp3) is 0.429. The number of benzene rings is 1. The van der Waals surface area contributed by atoms with Gasteiger partial charge in [-0.25, -0.2) is 14.8 Å². The van der Waals surface area contributed by atoms with Crippen molar-refractivity contribution in [3.05, 3.63) is 56.5 Å². The van der Waals surface area contributed by atoms with Crippen LogP contribution in [0.4, 0.5) is 0 Å². The molecule has 154 valence electrons. The molecule has 0 N–H and O–H groups in total. The first-order valence-electron chi connectivity index (χ1n) is 9.40. The van der Waals surface area contributed by atoms with Crippen molar-refractivity contribution in [2.75, 3.05) is 12.4 Å². The van der Waals surface area contributed by atoms with Crippen LogP contribution in [0.3, 0.4) is 0 Å². The predicted octanol–water partition coefficient (Wildman–Crippen LogP) is 2.80. The molecule has 0 saturated heterocycles. The molecular formula is C21H26N4O3S. The molecule has 1 aromatic carbocycles. The van der Waals surface area contributed by atoms with E-state index in [2.05, 4.69) is 9.97 Å². The van der Waals surface area contributed by atoms with Gasteiger partial charge < -0.3 is 4.74 Å². The monoisotopic (exact) mass is 414 g/mol. The van der Waals surface area contributed by atoms with E-state index in [1.165, 1.54) is 23.4 Å². The van der Waals surface area contributed by atoms with E-state index in [1.54, 1.807) is 7.05 Å². The Bertz CT molecular complexity index is 1180. The Labute approximate surface area is 173 Å². The van der Waals surface area contributed by atoms with Gasteiger partial charge in [-0.05, 0) is 18.6 Å². The number of nitrogens with zero attached hydrogens (tertiary/aromatic N) is 4. The zero-order valence-electron chi connectivity index (χ0n) is 17.6. The first-order valence-corrected chi connectivity index (χ1v) is 10.4. The van der Waals surface area contributed by atoms with E-state index < -0.39 is 5.69 Å². The number of ether oxygens (including phenoxy) is 1.